The number of imidazole rings is 1. The van der Waals surface area contributed by atoms with Crippen molar-refractivity contribution in [2.24, 2.45) is 7.05 Å². The quantitative estimate of drug-likeness (QED) is 0.874. The summed E-state index contributed by atoms with van der Waals surface area (Å²) in [6, 6.07) is 0. The van der Waals surface area contributed by atoms with Gasteiger partial charge in [0.05, 0.1) is 5.69 Å². The molecule has 0 bridgehead atoms. The molecule has 1 aliphatic heterocycles. The van der Waals surface area contributed by atoms with Gasteiger partial charge in [0.1, 0.15) is 5.82 Å². The van der Waals surface area contributed by atoms with Gasteiger partial charge in [0.2, 0.25) is 5.78 Å². The van der Waals surface area contributed by atoms with E-state index in [1.807, 2.05) is 11.6 Å². The van der Waals surface area contributed by atoms with E-state index in [1.165, 1.54) is 0 Å². The number of ether oxygens (including phenoxy) is 1. The molecule has 2 aromatic rings. The molecular formula is C12H16N4O3. The third-order valence-corrected chi connectivity index (χ3v) is 3.70. The summed E-state index contributed by atoms with van der Waals surface area (Å²) in [5.74, 6) is 0.867. The third-order valence-electron chi connectivity index (χ3n) is 3.70. The first-order chi connectivity index (χ1) is 9.09. The van der Waals surface area contributed by atoms with Gasteiger partial charge in [0.25, 0.3) is 0 Å². The fourth-order valence-electron chi connectivity index (χ4n) is 2.60. The lowest BCUT2D eigenvalue weighted by Crippen LogP contribution is -2.17. The molecule has 0 aliphatic carbocycles. The Hall–Kier alpha value is -1.89. The number of fused-ring (bicyclic) bond motifs is 1. The summed E-state index contributed by atoms with van der Waals surface area (Å²) in [5, 5.41) is 13.6. The summed E-state index contributed by atoms with van der Waals surface area (Å²) >= 11 is 0. The van der Waals surface area contributed by atoms with Gasteiger partial charge in [0.15, 0.2) is 5.69 Å². The van der Waals surface area contributed by atoms with Gasteiger partial charge in [-0.25, -0.2) is 14.3 Å². The van der Waals surface area contributed by atoms with Gasteiger partial charge in [-0.15, -0.1) is 0 Å². The average molecular weight is 264 g/mol. The minimum Gasteiger partial charge on any atom is -0.476 e. The molecule has 0 atom stereocenters. The van der Waals surface area contributed by atoms with E-state index in [1.54, 1.807) is 11.4 Å². The second-order valence-electron chi connectivity index (χ2n) is 4.87. The molecule has 0 saturated carbocycles. The van der Waals surface area contributed by atoms with Crippen LogP contribution < -0.4 is 0 Å². The van der Waals surface area contributed by atoms with Crippen LogP contribution >= 0.6 is 0 Å². The molecule has 102 valence electrons. The zero-order valence-corrected chi connectivity index (χ0v) is 11.0. The maximum Gasteiger partial charge on any atom is 0.356 e. The topological polar surface area (TPSA) is 81.6 Å². The standard InChI is InChI=1S/C12H16N4O3/c1-7-9(11(17)18)13-12-15(2)10(14-16(7)12)8-3-5-19-6-4-8/h8H,3-6H2,1-2H3,(H,17,18). The molecule has 2 aromatic heterocycles. The van der Waals surface area contributed by atoms with E-state index < -0.39 is 5.97 Å². The highest BCUT2D eigenvalue weighted by molar-refractivity contribution is 5.87. The molecule has 19 heavy (non-hydrogen) atoms. The summed E-state index contributed by atoms with van der Waals surface area (Å²) < 4.78 is 8.86. The third kappa shape index (κ3) is 1.81. The SMILES string of the molecule is Cc1c(C(=O)O)nc2n(C)c(C3CCOCC3)nn12. The van der Waals surface area contributed by atoms with E-state index in [9.17, 15) is 4.79 Å². The number of carboxylic acid groups (broad SMARTS) is 1. The van der Waals surface area contributed by atoms with Crippen molar-refractivity contribution in [2.75, 3.05) is 13.2 Å². The molecule has 0 radical (unpaired) electrons. The predicted octanol–water partition coefficient (Wildman–Crippen LogP) is 0.968. The Morgan fingerprint density at radius 2 is 2.11 bits per heavy atom. The van der Waals surface area contributed by atoms with Crippen LogP contribution in [0.2, 0.25) is 0 Å². The van der Waals surface area contributed by atoms with Gasteiger partial charge < -0.3 is 9.84 Å². The van der Waals surface area contributed by atoms with Crippen molar-refractivity contribution in [3.8, 4) is 0 Å². The molecule has 1 fully saturated rings. The number of hydrogen-bond donors (Lipinski definition) is 1. The average Bonchev–Trinajstić information content (AvgIpc) is 2.90. The van der Waals surface area contributed by atoms with Crippen LogP contribution in [0.15, 0.2) is 0 Å². The highest BCUT2D eigenvalue weighted by Crippen LogP contribution is 2.26. The molecule has 1 aliphatic rings. The Morgan fingerprint density at radius 3 is 2.68 bits per heavy atom. The van der Waals surface area contributed by atoms with Crippen LogP contribution in [0.25, 0.3) is 5.78 Å². The van der Waals surface area contributed by atoms with Gasteiger partial charge in [-0.05, 0) is 19.8 Å². The first kappa shape index (κ1) is 12.2. The summed E-state index contributed by atoms with van der Waals surface area (Å²) in [6.07, 6.45) is 1.89. The lowest BCUT2D eigenvalue weighted by Gasteiger charge is -2.20. The number of carbonyl (C=O) groups is 1. The molecule has 1 N–H and O–H groups in total. The van der Waals surface area contributed by atoms with E-state index in [-0.39, 0.29) is 5.69 Å². The van der Waals surface area contributed by atoms with Crippen LogP contribution in [0.4, 0.5) is 0 Å². The van der Waals surface area contributed by atoms with Gasteiger partial charge in [0, 0.05) is 26.2 Å². The second kappa shape index (κ2) is 4.34. The molecule has 0 aromatic carbocycles. The van der Waals surface area contributed by atoms with Crippen molar-refractivity contribution in [3.63, 3.8) is 0 Å². The fraction of sp³-hybridized carbons (Fsp3) is 0.583. The minimum atomic E-state index is -1.02. The number of hydrogen-bond acceptors (Lipinski definition) is 4. The molecule has 7 heteroatoms. The Balaban J connectivity index is 2.08. The van der Waals surface area contributed by atoms with Crippen LogP contribution in [0.5, 0.6) is 0 Å². The predicted molar refractivity (Wildman–Crippen MR) is 66.4 cm³/mol. The second-order valence-corrected chi connectivity index (χ2v) is 4.87. The fourth-order valence-corrected chi connectivity index (χ4v) is 2.60. The molecule has 3 rings (SSSR count). The van der Waals surface area contributed by atoms with Gasteiger partial charge in [-0.1, -0.05) is 0 Å². The van der Waals surface area contributed by atoms with Crippen LogP contribution in [0.3, 0.4) is 0 Å². The molecular weight excluding hydrogens is 248 g/mol. The molecule has 7 nitrogen and oxygen atoms in total. The summed E-state index contributed by atoms with van der Waals surface area (Å²) in [5.41, 5.74) is 0.632. The van der Waals surface area contributed by atoms with Gasteiger partial charge >= 0.3 is 5.97 Å². The number of carboxylic acids is 1. The van der Waals surface area contributed by atoms with Crippen LogP contribution in [-0.4, -0.2) is 43.5 Å². The lowest BCUT2D eigenvalue weighted by molar-refractivity contribution is 0.0690. The van der Waals surface area contributed by atoms with Crippen molar-refractivity contribution in [1.29, 1.82) is 0 Å². The highest BCUT2D eigenvalue weighted by atomic mass is 16.5. The maximum atomic E-state index is 11.1. The Morgan fingerprint density at radius 1 is 1.42 bits per heavy atom. The molecule has 0 spiro atoms. The number of aromatic nitrogens is 4. The molecule has 0 amide bonds. The number of rotatable bonds is 2. The first-order valence-electron chi connectivity index (χ1n) is 6.32. The smallest absolute Gasteiger partial charge is 0.356 e. The van der Waals surface area contributed by atoms with Crippen molar-refractivity contribution >= 4 is 11.7 Å². The number of nitrogens with zero attached hydrogens (tertiary/aromatic N) is 4. The Kier molecular flexibility index (Phi) is 2.78. The van der Waals surface area contributed by atoms with Crippen molar-refractivity contribution < 1.29 is 14.6 Å². The van der Waals surface area contributed by atoms with Gasteiger partial charge in [-0.3, -0.25) is 4.57 Å². The van der Waals surface area contributed by atoms with Crippen molar-refractivity contribution in [2.45, 2.75) is 25.7 Å². The summed E-state index contributed by atoms with van der Waals surface area (Å²) in [4.78, 5) is 15.2. The molecule has 3 heterocycles. The van der Waals surface area contributed by atoms with E-state index in [4.69, 9.17) is 9.84 Å². The maximum absolute atomic E-state index is 11.1. The zero-order chi connectivity index (χ0) is 13.6. The highest BCUT2D eigenvalue weighted by Gasteiger charge is 2.25. The van der Waals surface area contributed by atoms with Crippen LogP contribution in [-0.2, 0) is 11.8 Å². The van der Waals surface area contributed by atoms with Crippen molar-refractivity contribution in [1.82, 2.24) is 19.2 Å². The van der Waals surface area contributed by atoms with E-state index >= 15 is 0 Å². The monoisotopic (exact) mass is 264 g/mol. The van der Waals surface area contributed by atoms with Crippen LogP contribution in [0.1, 0.15) is 40.8 Å². The van der Waals surface area contributed by atoms with Gasteiger partial charge in [-0.2, -0.15) is 5.10 Å². The van der Waals surface area contributed by atoms with E-state index in [0.29, 0.717) is 17.4 Å². The first-order valence-corrected chi connectivity index (χ1v) is 6.32. The normalized spacial score (nSPS) is 17.2. The largest absolute Gasteiger partial charge is 0.476 e. The number of aryl methyl sites for hydroxylation is 2. The Bertz CT molecular complexity index is 637. The molecule has 1 saturated heterocycles. The molecule has 0 unspecified atom stereocenters. The van der Waals surface area contributed by atoms with Crippen molar-refractivity contribution in [3.05, 3.63) is 17.2 Å². The lowest BCUT2D eigenvalue weighted by atomic mass is 10.00. The Labute approximate surface area is 109 Å². The summed E-state index contributed by atoms with van der Waals surface area (Å²) in [6.45, 7) is 3.22. The summed E-state index contributed by atoms with van der Waals surface area (Å²) in [7, 11) is 1.88. The number of aromatic carboxylic acids is 1. The van der Waals surface area contributed by atoms with E-state index in [0.717, 1.165) is 31.9 Å². The van der Waals surface area contributed by atoms with Crippen LogP contribution in [0, 0.1) is 6.92 Å². The zero-order valence-electron chi connectivity index (χ0n) is 11.0. The van der Waals surface area contributed by atoms with E-state index in [2.05, 4.69) is 10.1 Å². The minimum absolute atomic E-state index is 0.0663.